The summed E-state index contributed by atoms with van der Waals surface area (Å²) >= 11 is 0. The summed E-state index contributed by atoms with van der Waals surface area (Å²) in [6.07, 6.45) is 9.80. The van der Waals surface area contributed by atoms with E-state index in [0.717, 1.165) is 44.8 Å². The summed E-state index contributed by atoms with van der Waals surface area (Å²) < 4.78 is 0. The zero-order valence-corrected chi connectivity index (χ0v) is 12.7. The van der Waals surface area contributed by atoms with Gasteiger partial charge in [-0.1, -0.05) is 32.1 Å². The Morgan fingerprint density at radius 3 is 2.68 bits per heavy atom. The van der Waals surface area contributed by atoms with Crippen LogP contribution in [-0.2, 0) is 4.79 Å². The molecule has 0 radical (unpaired) electrons. The van der Waals surface area contributed by atoms with Crippen LogP contribution in [0.4, 0.5) is 0 Å². The number of carbonyl (C=O) groups excluding carboxylic acids is 1. The van der Waals surface area contributed by atoms with Crippen molar-refractivity contribution in [3.63, 3.8) is 0 Å². The van der Waals surface area contributed by atoms with Crippen molar-refractivity contribution in [2.75, 3.05) is 19.6 Å². The molecule has 0 atom stereocenters. The maximum atomic E-state index is 12.4. The molecule has 1 amide bonds. The largest absolute Gasteiger partial charge is 0.341 e. The van der Waals surface area contributed by atoms with E-state index >= 15 is 0 Å². The van der Waals surface area contributed by atoms with Crippen LogP contribution >= 0.6 is 0 Å². The average molecular weight is 266 g/mol. The van der Waals surface area contributed by atoms with Crippen LogP contribution < -0.4 is 5.32 Å². The summed E-state index contributed by atoms with van der Waals surface area (Å²) in [7, 11) is 0. The van der Waals surface area contributed by atoms with Gasteiger partial charge in [0, 0.05) is 25.0 Å². The predicted octanol–water partition coefficient (Wildman–Crippen LogP) is 2.95. The number of hydrogen-bond donors (Lipinski definition) is 1. The van der Waals surface area contributed by atoms with Gasteiger partial charge in [0.2, 0.25) is 5.91 Å². The van der Waals surface area contributed by atoms with Crippen molar-refractivity contribution in [1.82, 2.24) is 10.2 Å². The van der Waals surface area contributed by atoms with Crippen molar-refractivity contribution in [3.05, 3.63) is 0 Å². The van der Waals surface area contributed by atoms with Crippen molar-refractivity contribution >= 4 is 5.91 Å². The van der Waals surface area contributed by atoms with Crippen LogP contribution in [0.3, 0.4) is 0 Å². The highest BCUT2D eigenvalue weighted by Crippen LogP contribution is 2.27. The summed E-state index contributed by atoms with van der Waals surface area (Å²) in [6.45, 7) is 7.20. The van der Waals surface area contributed by atoms with Crippen LogP contribution in [0.1, 0.15) is 65.2 Å². The lowest BCUT2D eigenvalue weighted by molar-refractivity contribution is -0.132. The molecule has 1 aliphatic carbocycles. The van der Waals surface area contributed by atoms with Crippen molar-refractivity contribution < 1.29 is 4.79 Å². The van der Waals surface area contributed by atoms with Crippen molar-refractivity contribution in [2.45, 2.75) is 70.8 Å². The predicted molar refractivity (Wildman–Crippen MR) is 79.1 cm³/mol. The summed E-state index contributed by atoms with van der Waals surface area (Å²) in [5.74, 6) is 1.19. The fraction of sp³-hybridized carbons (Fsp3) is 0.938. The zero-order valence-electron chi connectivity index (χ0n) is 12.7. The summed E-state index contributed by atoms with van der Waals surface area (Å²) in [5.41, 5.74) is 0.0665. The van der Waals surface area contributed by atoms with E-state index in [1.807, 2.05) is 0 Å². The van der Waals surface area contributed by atoms with E-state index in [2.05, 4.69) is 24.1 Å². The monoisotopic (exact) mass is 266 g/mol. The van der Waals surface area contributed by atoms with Crippen molar-refractivity contribution in [2.24, 2.45) is 5.92 Å². The number of nitrogens with zero attached hydrogens (tertiary/aromatic N) is 1. The first kappa shape index (κ1) is 14.8. The lowest BCUT2D eigenvalue weighted by Gasteiger charge is -2.30. The Bertz CT molecular complexity index is 295. The minimum Gasteiger partial charge on any atom is -0.341 e. The summed E-state index contributed by atoms with van der Waals surface area (Å²) in [4.78, 5) is 14.5. The van der Waals surface area contributed by atoms with Crippen LogP contribution in [-0.4, -0.2) is 36.0 Å². The van der Waals surface area contributed by atoms with E-state index in [1.54, 1.807) is 0 Å². The minimum absolute atomic E-state index is 0.0665. The number of hydrogen-bond acceptors (Lipinski definition) is 2. The molecule has 0 spiro atoms. The Balaban J connectivity index is 1.77. The molecule has 110 valence electrons. The molecule has 0 aromatic carbocycles. The Hall–Kier alpha value is -0.570. The molecule has 0 unspecified atom stereocenters. The third-order valence-corrected chi connectivity index (χ3v) is 4.64. The maximum absolute atomic E-state index is 12.4. The smallest absolute Gasteiger partial charge is 0.222 e. The third kappa shape index (κ3) is 4.79. The second-order valence-corrected chi connectivity index (χ2v) is 7.02. The molecule has 0 aromatic heterocycles. The SMILES string of the molecule is CC1(C)CN(C(=O)CCC2CCCCC2)CCCN1. The molecule has 1 saturated heterocycles. The topological polar surface area (TPSA) is 32.3 Å². The molecule has 3 nitrogen and oxygen atoms in total. The highest BCUT2D eigenvalue weighted by molar-refractivity contribution is 5.76. The van der Waals surface area contributed by atoms with Gasteiger partial charge < -0.3 is 10.2 Å². The molecule has 1 heterocycles. The van der Waals surface area contributed by atoms with Crippen LogP contribution in [0.2, 0.25) is 0 Å². The van der Waals surface area contributed by atoms with Gasteiger partial charge in [-0.05, 0) is 39.2 Å². The van der Waals surface area contributed by atoms with Crippen LogP contribution in [0.15, 0.2) is 0 Å². The van der Waals surface area contributed by atoms with Gasteiger partial charge in [-0.25, -0.2) is 0 Å². The standard InChI is InChI=1S/C16H30N2O/c1-16(2)13-18(12-6-11-17-16)15(19)10-9-14-7-4-3-5-8-14/h14,17H,3-13H2,1-2H3. The maximum Gasteiger partial charge on any atom is 0.222 e. The van der Waals surface area contributed by atoms with Gasteiger partial charge in [0.25, 0.3) is 0 Å². The number of carbonyl (C=O) groups is 1. The first-order chi connectivity index (χ1) is 9.07. The van der Waals surface area contributed by atoms with Gasteiger partial charge in [0.05, 0.1) is 0 Å². The molecule has 1 N–H and O–H groups in total. The van der Waals surface area contributed by atoms with E-state index in [4.69, 9.17) is 0 Å². The molecule has 0 aromatic rings. The number of amides is 1. The summed E-state index contributed by atoms with van der Waals surface area (Å²) in [6, 6.07) is 0. The number of nitrogens with one attached hydrogen (secondary N) is 1. The molecular formula is C16H30N2O. The molecule has 2 aliphatic rings. The molecule has 19 heavy (non-hydrogen) atoms. The van der Waals surface area contributed by atoms with E-state index < -0.39 is 0 Å². The zero-order chi connectivity index (χ0) is 13.7. The van der Waals surface area contributed by atoms with Gasteiger partial charge >= 0.3 is 0 Å². The van der Waals surface area contributed by atoms with Crippen LogP contribution in [0.25, 0.3) is 0 Å². The second-order valence-electron chi connectivity index (χ2n) is 7.02. The van der Waals surface area contributed by atoms with Crippen LogP contribution in [0, 0.1) is 5.92 Å². The third-order valence-electron chi connectivity index (χ3n) is 4.64. The molecule has 2 fully saturated rings. The van der Waals surface area contributed by atoms with E-state index in [-0.39, 0.29) is 5.54 Å². The van der Waals surface area contributed by atoms with Crippen LogP contribution in [0.5, 0.6) is 0 Å². The molecule has 1 aliphatic heterocycles. The highest BCUT2D eigenvalue weighted by Gasteiger charge is 2.27. The molecule has 2 rings (SSSR count). The van der Waals surface area contributed by atoms with Gasteiger partial charge in [-0.2, -0.15) is 0 Å². The van der Waals surface area contributed by atoms with Gasteiger partial charge in [-0.3, -0.25) is 4.79 Å². The lowest BCUT2D eigenvalue weighted by atomic mass is 9.86. The second kappa shape index (κ2) is 6.74. The van der Waals surface area contributed by atoms with Gasteiger partial charge in [-0.15, -0.1) is 0 Å². The van der Waals surface area contributed by atoms with Crippen molar-refractivity contribution in [1.29, 1.82) is 0 Å². The number of rotatable bonds is 3. The summed E-state index contributed by atoms with van der Waals surface area (Å²) in [5, 5.41) is 3.52. The highest BCUT2D eigenvalue weighted by atomic mass is 16.2. The first-order valence-corrected chi connectivity index (χ1v) is 8.10. The minimum atomic E-state index is 0.0665. The Kier molecular flexibility index (Phi) is 5.26. The molecule has 3 heteroatoms. The van der Waals surface area contributed by atoms with Gasteiger partial charge in [0.15, 0.2) is 0 Å². The molecular weight excluding hydrogens is 236 g/mol. The first-order valence-electron chi connectivity index (χ1n) is 8.10. The lowest BCUT2D eigenvalue weighted by Crippen LogP contribution is -2.48. The van der Waals surface area contributed by atoms with E-state index in [1.165, 1.54) is 32.1 Å². The van der Waals surface area contributed by atoms with E-state index in [9.17, 15) is 4.79 Å². The quantitative estimate of drug-likeness (QED) is 0.852. The average Bonchev–Trinajstić information content (AvgIpc) is 2.58. The van der Waals surface area contributed by atoms with E-state index in [0.29, 0.717) is 5.91 Å². The Labute approximate surface area is 118 Å². The Morgan fingerprint density at radius 1 is 1.21 bits per heavy atom. The normalized spacial score (nSPS) is 25.1. The molecule has 0 bridgehead atoms. The van der Waals surface area contributed by atoms with Gasteiger partial charge in [0.1, 0.15) is 0 Å². The fourth-order valence-corrected chi connectivity index (χ4v) is 3.48. The molecule has 1 saturated carbocycles. The van der Waals surface area contributed by atoms with Crippen molar-refractivity contribution in [3.8, 4) is 0 Å². The fourth-order valence-electron chi connectivity index (χ4n) is 3.48. The Morgan fingerprint density at radius 2 is 1.95 bits per heavy atom.